The van der Waals surface area contributed by atoms with Crippen LogP contribution < -0.4 is 0 Å². The first kappa shape index (κ1) is 6.13. The van der Waals surface area contributed by atoms with Crippen molar-refractivity contribution >= 4 is 0 Å². The number of hydrogen-bond donors (Lipinski definition) is 0. The van der Waals surface area contributed by atoms with Crippen molar-refractivity contribution in [2.75, 3.05) is 0 Å². The molecule has 47 valence electrons. The molecule has 2 nitrogen and oxygen atoms in total. The van der Waals surface area contributed by atoms with Crippen molar-refractivity contribution in [2.45, 2.75) is 6.92 Å². The Morgan fingerprint density at radius 3 is 2.89 bits per heavy atom. The molecule has 1 heterocycles. The van der Waals surface area contributed by atoms with Crippen molar-refractivity contribution in [1.29, 1.82) is 0 Å². The van der Waals surface area contributed by atoms with Gasteiger partial charge in [0.15, 0.2) is 0 Å². The van der Waals surface area contributed by atoms with E-state index in [1.54, 1.807) is 13.3 Å². The van der Waals surface area contributed by atoms with Crippen molar-refractivity contribution in [3.8, 4) is 0 Å². The van der Waals surface area contributed by atoms with Crippen LogP contribution in [0.15, 0.2) is 12.5 Å². The van der Waals surface area contributed by atoms with E-state index in [-0.39, 0.29) is 0 Å². The average molecular weight is 125 g/mol. The third-order valence-electron chi connectivity index (χ3n) is 1.00. The van der Waals surface area contributed by atoms with E-state index in [9.17, 15) is 4.39 Å². The minimum absolute atomic E-state index is 0.442. The van der Waals surface area contributed by atoms with E-state index in [0.29, 0.717) is 5.56 Å². The molecule has 1 aromatic heterocycles. The summed E-state index contributed by atoms with van der Waals surface area (Å²) in [4.78, 5) is 6.97. The summed E-state index contributed by atoms with van der Waals surface area (Å²) < 4.78 is 12.4. The molecule has 0 atom stereocenters. The van der Waals surface area contributed by atoms with Gasteiger partial charge in [-0.05, 0) is 6.42 Å². The van der Waals surface area contributed by atoms with E-state index >= 15 is 0 Å². The number of hydrogen-bond acceptors (Lipinski definition) is 2. The van der Waals surface area contributed by atoms with Crippen LogP contribution >= 0.6 is 0 Å². The largest absolute Gasteiger partial charge is 0.244 e. The molecular formula is C6H6FN2. The summed E-state index contributed by atoms with van der Waals surface area (Å²) in [6.07, 6.45) is 4.24. The molecule has 9 heavy (non-hydrogen) atoms. The van der Waals surface area contributed by atoms with Gasteiger partial charge in [-0.2, -0.15) is 4.39 Å². The van der Waals surface area contributed by atoms with Gasteiger partial charge in [0.25, 0.3) is 0 Å². The fourth-order valence-corrected chi connectivity index (χ4v) is 0.519. The van der Waals surface area contributed by atoms with Gasteiger partial charge in [0.05, 0.1) is 0 Å². The smallest absolute Gasteiger partial charge is 0.219 e. The maximum absolute atomic E-state index is 12.4. The van der Waals surface area contributed by atoms with Gasteiger partial charge >= 0.3 is 0 Å². The standard InChI is InChI=1S/C6H6FN2/c1-2-5-3-8-4-9-6(5)7/h2-4H,1H3. The first-order valence-electron chi connectivity index (χ1n) is 2.59. The summed E-state index contributed by atoms with van der Waals surface area (Å²) in [7, 11) is 0. The zero-order valence-electron chi connectivity index (χ0n) is 5.00. The van der Waals surface area contributed by atoms with Gasteiger partial charge in [0, 0.05) is 11.8 Å². The molecule has 0 aliphatic heterocycles. The summed E-state index contributed by atoms with van der Waals surface area (Å²) in [5.41, 5.74) is 0.442. The highest BCUT2D eigenvalue weighted by Gasteiger charge is 1.97. The number of aromatic nitrogens is 2. The third kappa shape index (κ3) is 1.22. The van der Waals surface area contributed by atoms with E-state index in [4.69, 9.17) is 0 Å². The Labute approximate surface area is 52.8 Å². The molecule has 1 aromatic rings. The number of nitrogens with zero attached hydrogens (tertiary/aromatic N) is 2. The van der Waals surface area contributed by atoms with Crippen LogP contribution in [0.1, 0.15) is 12.5 Å². The first-order valence-corrected chi connectivity index (χ1v) is 2.59. The second kappa shape index (κ2) is 2.53. The van der Waals surface area contributed by atoms with Gasteiger partial charge in [0.1, 0.15) is 6.33 Å². The van der Waals surface area contributed by atoms with Gasteiger partial charge in [-0.25, -0.2) is 9.97 Å². The van der Waals surface area contributed by atoms with Crippen molar-refractivity contribution in [3.05, 3.63) is 30.5 Å². The molecule has 0 spiro atoms. The maximum atomic E-state index is 12.4. The molecule has 0 bridgehead atoms. The molecule has 0 saturated heterocycles. The average Bonchev–Trinajstić information content (AvgIpc) is 1.89. The Bertz CT molecular complexity index is 200. The Hall–Kier alpha value is -0.990. The van der Waals surface area contributed by atoms with Crippen LogP contribution in [0.2, 0.25) is 0 Å². The monoisotopic (exact) mass is 125 g/mol. The molecular weight excluding hydrogens is 119 g/mol. The van der Waals surface area contributed by atoms with Crippen molar-refractivity contribution in [2.24, 2.45) is 0 Å². The van der Waals surface area contributed by atoms with Crippen LogP contribution in [0.3, 0.4) is 0 Å². The summed E-state index contributed by atoms with van der Waals surface area (Å²) in [6, 6.07) is 0. The lowest BCUT2D eigenvalue weighted by Gasteiger charge is -1.92. The third-order valence-corrected chi connectivity index (χ3v) is 1.00. The summed E-state index contributed by atoms with van der Waals surface area (Å²) in [5, 5.41) is 0. The van der Waals surface area contributed by atoms with Crippen molar-refractivity contribution in [3.63, 3.8) is 0 Å². The molecule has 0 unspecified atom stereocenters. The topological polar surface area (TPSA) is 25.8 Å². The zero-order chi connectivity index (χ0) is 6.69. The highest BCUT2D eigenvalue weighted by Crippen LogP contribution is 2.01. The number of rotatable bonds is 1. The van der Waals surface area contributed by atoms with Crippen LogP contribution in [-0.4, -0.2) is 9.97 Å². The van der Waals surface area contributed by atoms with E-state index in [1.807, 2.05) is 0 Å². The molecule has 0 N–H and O–H groups in total. The molecule has 0 fully saturated rings. The lowest BCUT2D eigenvalue weighted by Crippen LogP contribution is -1.90. The minimum atomic E-state index is -0.465. The lowest BCUT2D eigenvalue weighted by atomic mass is 10.3. The van der Waals surface area contributed by atoms with E-state index in [1.165, 1.54) is 12.5 Å². The Morgan fingerprint density at radius 2 is 2.44 bits per heavy atom. The Morgan fingerprint density at radius 1 is 1.67 bits per heavy atom. The van der Waals surface area contributed by atoms with E-state index in [0.717, 1.165) is 0 Å². The van der Waals surface area contributed by atoms with Crippen molar-refractivity contribution in [1.82, 2.24) is 9.97 Å². The molecule has 0 aliphatic rings. The number of halogens is 1. The SMILES string of the molecule is C[CH]c1cncnc1F. The molecule has 0 amide bonds. The van der Waals surface area contributed by atoms with Crippen LogP contribution in [0.4, 0.5) is 4.39 Å². The Balaban J connectivity index is 3.01. The van der Waals surface area contributed by atoms with Gasteiger partial charge < -0.3 is 0 Å². The van der Waals surface area contributed by atoms with Gasteiger partial charge in [-0.15, -0.1) is 0 Å². The van der Waals surface area contributed by atoms with Gasteiger partial charge in [-0.1, -0.05) is 6.92 Å². The van der Waals surface area contributed by atoms with Crippen LogP contribution in [-0.2, 0) is 0 Å². The molecule has 0 aliphatic carbocycles. The first-order chi connectivity index (χ1) is 4.34. The second-order valence-electron chi connectivity index (χ2n) is 1.56. The van der Waals surface area contributed by atoms with Crippen LogP contribution in [0.25, 0.3) is 0 Å². The predicted molar refractivity (Wildman–Crippen MR) is 31.1 cm³/mol. The quantitative estimate of drug-likeness (QED) is 0.527. The highest BCUT2D eigenvalue weighted by atomic mass is 19.1. The summed E-state index contributed by atoms with van der Waals surface area (Å²) in [5.74, 6) is -0.465. The van der Waals surface area contributed by atoms with E-state index < -0.39 is 5.95 Å². The second-order valence-corrected chi connectivity index (χ2v) is 1.56. The van der Waals surface area contributed by atoms with Crippen LogP contribution in [0.5, 0.6) is 0 Å². The molecule has 3 heteroatoms. The normalized spacial score (nSPS) is 9.56. The van der Waals surface area contributed by atoms with Crippen molar-refractivity contribution < 1.29 is 4.39 Å². The summed E-state index contributed by atoms with van der Waals surface area (Å²) >= 11 is 0. The molecule has 0 aromatic carbocycles. The molecule has 0 saturated carbocycles. The summed E-state index contributed by atoms with van der Waals surface area (Å²) in [6.45, 7) is 1.74. The fourth-order valence-electron chi connectivity index (χ4n) is 0.519. The minimum Gasteiger partial charge on any atom is -0.244 e. The fraction of sp³-hybridized carbons (Fsp3) is 0.167. The molecule has 1 radical (unpaired) electrons. The molecule has 1 rings (SSSR count). The highest BCUT2D eigenvalue weighted by molar-refractivity contribution is 5.13. The maximum Gasteiger partial charge on any atom is 0.219 e. The Kier molecular flexibility index (Phi) is 1.72. The van der Waals surface area contributed by atoms with E-state index in [2.05, 4.69) is 9.97 Å². The van der Waals surface area contributed by atoms with Crippen LogP contribution in [0, 0.1) is 12.4 Å². The zero-order valence-corrected chi connectivity index (χ0v) is 5.00. The van der Waals surface area contributed by atoms with Gasteiger partial charge in [0.2, 0.25) is 5.95 Å². The predicted octanol–water partition coefficient (Wildman–Crippen LogP) is 1.19. The van der Waals surface area contributed by atoms with Gasteiger partial charge in [-0.3, -0.25) is 0 Å². The lowest BCUT2D eigenvalue weighted by molar-refractivity contribution is 0.571.